The summed E-state index contributed by atoms with van der Waals surface area (Å²) in [5.41, 5.74) is 14.9. The summed E-state index contributed by atoms with van der Waals surface area (Å²) in [5.74, 6) is 1.09. The quantitative estimate of drug-likeness (QED) is 0.174. The molecule has 3 rings (SSSR count). The average Bonchev–Trinajstić information content (AvgIpc) is 2.89. The van der Waals surface area contributed by atoms with E-state index in [2.05, 4.69) is 9.89 Å². The summed E-state index contributed by atoms with van der Waals surface area (Å²) in [6.45, 7) is 2.84. The van der Waals surface area contributed by atoms with E-state index in [4.69, 9.17) is 36.5 Å². The average molecular weight is 491 g/mol. The summed E-state index contributed by atoms with van der Waals surface area (Å²) in [4.78, 5) is 6.35. The fourth-order valence-electron chi connectivity index (χ4n) is 3.77. The molecule has 0 radical (unpaired) electrons. The van der Waals surface area contributed by atoms with E-state index in [9.17, 15) is 0 Å². The van der Waals surface area contributed by atoms with Crippen molar-refractivity contribution in [2.75, 3.05) is 59.9 Å². The molecule has 36 heavy (non-hydrogen) atoms. The van der Waals surface area contributed by atoms with Crippen molar-refractivity contribution in [3.05, 3.63) is 71.3 Å². The number of hydrogen-bond acceptors (Lipinski definition) is 7. The van der Waals surface area contributed by atoms with Crippen LogP contribution in [0.2, 0.25) is 0 Å². The number of aliphatic imine (C=N–C) groups is 1. The van der Waals surface area contributed by atoms with E-state index in [1.165, 1.54) is 0 Å². The highest BCUT2D eigenvalue weighted by Crippen LogP contribution is 2.25. The highest BCUT2D eigenvalue weighted by atomic mass is 16.5. The van der Waals surface area contributed by atoms with Crippen LogP contribution in [0.5, 0.6) is 5.75 Å². The molecule has 0 unspecified atom stereocenters. The topological polar surface area (TPSA) is 143 Å². The summed E-state index contributed by atoms with van der Waals surface area (Å²) in [6, 6.07) is 16.7. The summed E-state index contributed by atoms with van der Waals surface area (Å²) < 4.78 is 15.6. The van der Waals surface area contributed by atoms with Gasteiger partial charge in [0.05, 0.1) is 32.6 Å². The number of nitrogens with one attached hydrogen (secondary N) is 2. The van der Waals surface area contributed by atoms with Crippen LogP contribution in [0.3, 0.4) is 0 Å². The maximum absolute atomic E-state index is 8.80. The Labute approximate surface area is 211 Å². The molecule has 0 atom stereocenters. The fraction of sp³-hybridized carbons (Fsp3) is 0.296. The minimum Gasteiger partial charge on any atom is -0.497 e. The SMILES string of the molecule is COCCN(CCOC)CC(N)=NC(=N)c1ccc(N)c(C(=N)c2ccc3cc(OC)ccc3c2)c1. The van der Waals surface area contributed by atoms with Gasteiger partial charge in [-0.15, -0.1) is 0 Å². The van der Waals surface area contributed by atoms with Crippen molar-refractivity contribution >= 4 is 33.8 Å². The number of anilines is 1. The van der Waals surface area contributed by atoms with Gasteiger partial charge in [-0.2, -0.15) is 0 Å². The summed E-state index contributed by atoms with van der Waals surface area (Å²) in [5, 5.41) is 19.3. The lowest BCUT2D eigenvalue weighted by Gasteiger charge is -2.21. The Hall–Kier alpha value is -3.79. The number of methoxy groups -OCH3 is 3. The van der Waals surface area contributed by atoms with Gasteiger partial charge < -0.3 is 25.7 Å². The van der Waals surface area contributed by atoms with Crippen molar-refractivity contribution in [2.24, 2.45) is 10.7 Å². The zero-order valence-electron chi connectivity index (χ0n) is 21.0. The van der Waals surface area contributed by atoms with Gasteiger partial charge in [0.25, 0.3) is 0 Å². The van der Waals surface area contributed by atoms with Crippen molar-refractivity contribution in [3.63, 3.8) is 0 Å². The molecule has 0 amide bonds. The molecular weight excluding hydrogens is 456 g/mol. The van der Waals surface area contributed by atoms with Crippen LogP contribution < -0.4 is 16.2 Å². The van der Waals surface area contributed by atoms with Crippen LogP contribution in [0, 0.1) is 10.8 Å². The predicted molar refractivity (Wildman–Crippen MR) is 146 cm³/mol. The second kappa shape index (κ2) is 12.8. The van der Waals surface area contributed by atoms with Gasteiger partial charge in [0.1, 0.15) is 11.6 Å². The van der Waals surface area contributed by atoms with E-state index in [1.807, 2.05) is 36.4 Å². The molecule has 190 valence electrons. The van der Waals surface area contributed by atoms with Gasteiger partial charge in [-0.05, 0) is 47.2 Å². The third kappa shape index (κ3) is 6.88. The van der Waals surface area contributed by atoms with Gasteiger partial charge in [0.15, 0.2) is 5.84 Å². The van der Waals surface area contributed by atoms with Gasteiger partial charge in [-0.3, -0.25) is 15.7 Å². The Bertz CT molecular complexity index is 1250. The van der Waals surface area contributed by atoms with E-state index < -0.39 is 0 Å². The maximum atomic E-state index is 8.80. The first-order valence-electron chi connectivity index (χ1n) is 11.5. The zero-order valence-corrected chi connectivity index (χ0v) is 21.0. The standard InChI is InChI=1S/C27H34N6O3/c1-34-12-10-33(11-13-35-2)17-25(29)32-27(31)21-7-9-24(28)23(16-21)26(30)20-5-4-19-15-22(36-3)8-6-18(19)14-20/h4-9,14-16,30H,10-13,17,28H2,1-3H3,(H3,29,31,32). The Morgan fingerprint density at radius 3 is 2.17 bits per heavy atom. The number of rotatable bonds is 12. The van der Waals surface area contributed by atoms with Crippen LogP contribution in [-0.2, 0) is 9.47 Å². The lowest BCUT2D eigenvalue weighted by Crippen LogP contribution is -2.38. The molecule has 9 heteroatoms. The molecule has 0 spiro atoms. The first-order chi connectivity index (χ1) is 17.4. The molecular formula is C27H34N6O3. The molecule has 0 aliphatic heterocycles. The van der Waals surface area contributed by atoms with Crippen molar-refractivity contribution in [3.8, 4) is 5.75 Å². The van der Waals surface area contributed by atoms with Gasteiger partial charge >= 0.3 is 0 Å². The summed E-state index contributed by atoms with van der Waals surface area (Å²) >= 11 is 0. The Balaban J connectivity index is 1.80. The molecule has 0 fully saturated rings. The number of fused-ring (bicyclic) bond motifs is 1. The van der Waals surface area contributed by atoms with Crippen LogP contribution in [0.25, 0.3) is 10.8 Å². The molecule has 0 bridgehead atoms. The Morgan fingerprint density at radius 1 is 0.861 bits per heavy atom. The molecule has 0 aliphatic rings. The van der Waals surface area contributed by atoms with E-state index in [0.717, 1.165) is 22.1 Å². The smallest absolute Gasteiger partial charge is 0.153 e. The fourth-order valence-corrected chi connectivity index (χ4v) is 3.77. The highest BCUT2D eigenvalue weighted by Gasteiger charge is 2.13. The molecule has 9 nitrogen and oxygen atoms in total. The number of hydrogen-bond donors (Lipinski definition) is 4. The normalized spacial score (nSPS) is 11.7. The predicted octanol–water partition coefficient (Wildman–Crippen LogP) is 3.12. The summed E-state index contributed by atoms with van der Waals surface area (Å²) in [6.07, 6.45) is 0. The van der Waals surface area contributed by atoms with E-state index in [0.29, 0.717) is 55.5 Å². The molecule has 3 aromatic carbocycles. The van der Waals surface area contributed by atoms with Gasteiger partial charge in [0.2, 0.25) is 0 Å². The van der Waals surface area contributed by atoms with Crippen LogP contribution in [0.15, 0.2) is 59.6 Å². The zero-order chi connectivity index (χ0) is 26.1. The number of benzene rings is 3. The highest BCUT2D eigenvalue weighted by molar-refractivity contribution is 6.16. The van der Waals surface area contributed by atoms with E-state index >= 15 is 0 Å². The van der Waals surface area contributed by atoms with E-state index in [1.54, 1.807) is 39.5 Å². The van der Waals surface area contributed by atoms with Gasteiger partial charge in [0, 0.05) is 49.7 Å². The second-order valence-corrected chi connectivity index (χ2v) is 8.32. The van der Waals surface area contributed by atoms with Crippen molar-refractivity contribution in [2.45, 2.75) is 0 Å². The molecule has 6 N–H and O–H groups in total. The van der Waals surface area contributed by atoms with Crippen molar-refractivity contribution < 1.29 is 14.2 Å². The van der Waals surface area contributed by atoms with Crippen molar-refractivity contribution in [1.29, 1.82) is 10.8 Å². The molecule has 0 saturated heterocycles. The van der Waals surface area contributed by atoms with Crippen LogP contribution in [-0.4, -0.2) is 76.5 Å². The minimum atomic E-state index is 0.00518. The number of ether oxygens (including phenoxy) is 3. The Kier molecular flexibility index (Phi) is 9.52. The second-order valence-electron chi connectivity index (χ2n) is 8.32. The third-order valence-corrected chi connectivity index (χ3v) is 5.80. The Morgan fingerprint density at radius 2 is 1.50 bits per heavy atom. The third-order valence-electron chi connectivity index (χ3n) is 5.80. The molecule has 0 saturated carbocycles. The van der Waals surface area contributed by atoms with E-state index in [-0.39, 0.29) is 11.5 Å². The lowest BCUT2D eigenvalue weighted by molar-refractivity contribution is 0.123. The maximum Gasteiger partial charge on any atom is 0.153 e. The van der Waals surface area contributed by atoms with Crippen molar-refractivity contribution in [1.82, 2.24) is 4.90 Å². The minimum absolute atomic E-state index is 0.00518. The first-order valence-corrected chi connectivity index (χ1v) is 11.5. The number of nitrogens with zero attached hydrogens (tertiary/aromatic N) is 2. The molecule has 3 aromatic rings. The largest absolute Gasteiger partial charge is 0.497 e. The van der Waals surface area contributed by atoms with Gasteiger partial charge in [-0.25, -0.2) is 4.99 Å². The van der Waals surface area contributed by atoms with Crippen LogP contribution >= 0.6 is 0 Å². The van der Waals surface area contributed by atoms with Crippen LogP contribution in [0.4, 0.5) is 5.69 Å². The lowest BCUT2D eigenvalue weighted by atomic mass is 9.96. The summed E-state index contributed by atoms with van der Waals surface area (Å²) in [7, 11) is 4.93. The number of amidine groups is 2. The number of nitrogen functional groups attached to an aromatic ring is 1. The number of nitrogens with two attached hydrogens (primary N) is 2. The molecule has 0 aromatic heterocycles. The monoisotopic (exact) mass is 490 g/mol. The van der Waals surface area contributed by atoms with Gasteiger partial charge in [-0.1, -0.05) is 18.2 Å². The molecule has 0 heterocycles. The van der Waals surface area contributed by atoms with Crippen LogP contribution in [0.1, 0.15) is 16.7 Å². The molecule has 0 aliphatic carbocycles. The first kappa shape index (κ1) is 26.8.